The van der Waals surface area contributed by atoms with Crippen molar-refractivity contribution in [2.75, 3.05) is 7.11 Å². The summed E-state index contributed by atoms with van der Waals surface area (Å²) in [5, 5.41) is 7.00. The van der Waals surface area contributed by atoms with E-state index in [1.54, 1.807) is 13.2 Å². The lowest BCUT2D eigenvalue weighted by atomic mass is 9.99. The molecule has 0 saturated heterocycles. The minimum atomic E-state index is 0.395. The first kappa shape index (κ1) is 13.1. The molecule has 0 aliphatic rings. The van der Waals surface area contributed by atoms with E-state index in [4.69, 9.17) is 28.6 Å². The van der Waals surface area contributed by atoms with E-state index in [1.807, 2.05) is 26.0 Å². The van der Waals surface area contributed by atoms with Crippen LogP contribution in [0.2, 0.25) is 5.15 Å². The Morgan fingerprint density at radius 1 is 1.17 bits per heavy atom. The first-order valence-corrected chi connectivity index (χ1v) is 6.22. The number of halogens is 1. The van der Waals surface area contributed by atoms with Gasteiger partial charge in [0.2, 0.25) is 0 Å². The van der Waals surface area contributed by atoms with E-state index in [9.17, 15) is 0 Å². The van der Waals surface area contributed by atoms with Crippen LogP contribution in [-0.4, -0.2) is 17.3 Å². The van der Waals surface area contributed by atoms with Crippen molar-refractivity contribution in [3.05, 3.63) is 39.1 Å². The van der Waals surface area contributed by atoms with E-state index in [0.717, 1.165) is 28.0 Å². The van der Waals surface area contributed by atoms with Crippen LogP contribution in [0, 0.1) is 18.5 Å². The molecular formula is C13H13ClN2OS. The number of aromatic nitrogens is 2. The van der Waals surface area contributed by atoms with E-state index >= 15 is 0 Å². The van der Waals surface area contributed by atoms with Crippen LogP contribution in [0.1, 0.15) is 11.1 Å². The summed E-state index contributed by atoms with van der Waals surface area (Å²) in [6.07, 6.45) is 0. The minimum absolute atomic E-state index is 0.395. The van der Waals surface area contributed by atoms with Crippen LogP contribution in [0.25, 0.3) is 11.1 Å². The SMILES string of the molecule is COc1cc(C)c(-c2cc(Cl)n[nH]c2=S)cc1C. The smallest absolute Gasteiger partial charge is 0.150 e. The van der Waals surface area contributed by atoms with E-state index in [2.05, 4.69) is 10.2 Å². The molecule has 0 amide bonds. The van der Waals surface area contributed by atoms with Gasteiger partial charge in [0.05, 0.1) is 7.11 Å². The second-order valence-electron chi connectivity index (χ2n) is 4.07. The zero-order valence-electron chi connectivity index (χ0n) is 10.4. The molecule has 0 fully saturated rings. The topological polar surface area (TPSA) is 37.9 Å². The lowest BCUT2D eigenvalue weighted by molar-refractivity contribution is 0.411. The molecule has 0 saturated carbocycles. The quantitative estimate of drug-likeness (QED) is 0.842. The van der Waals surface area contributed by atoms with Crippen LogP contribution < -0.4 is 4.74 Å². The third-order valence-electron chi connectivity index (χ3n) is 2.80. The molecule has 0 unspecified atom stereocenters. The highest BCUT2D eigenvalue weighted by molar-refractivity contribution is 7.71. The number of aryl methyl sites for hydroxylation is 2. The molecule has 0 aliphatic heterocycles. The van der Waals surface area contributed by atoms with Crippen LogP contribution in [0.4, 0.5) is 0 Å². The van der Waals surface area contributed by atoms with Gasteiger partial charge in [0, 0.05) is 5.56 Å². The fraction of sp³-hybridized carbons (Fsp3) is 0.231. The van der Waals surface area contributed by atoms with Crippen LogP contribution in [0.15, 0.2) is 18.2 Å². The molecule has 0 atom stereocenters. The first-order valence-electron chi connectivity index (χ1n) is 5.43. The summed E-state index contributed by atoms with van der Waals surface area (Å²) in [6, 6.07) is 5.81. The Labute approximate surface area is 116 Å². The van der Waals surface area contributed by atoms with Gasteiger partial charge in [0.1, 0.15) is 15.5 Å². The summed E-state index contributed by atoms with van der Waals surface area (Å²) in [5.74, 6) is 0.867. The summed E-state index contributed by atoms with van der Waals surface area (Å²) in [7, 11) is 1.66. The van der Waals surface area contributed by atoms with Gasteiger partial charge in [-0.3, -0.25) is 5.10 Å². The first-order chi connectivity index (χ1) is 8.52. The van der Waals surface area contributed by atoms with E-state index in [-0.39, 0.29) is 0 Å². The lowest BCUT2D eigenvalue weighted by Gasteiger charge is -2.11. The molecule has 2 aromatic rings. The largest absolute Gasteiger partial charge is 0.496 e. The second kappa shape index (κ2) is 5.08. The normalized spacial score (nSPS) is 10.4. The van der Waals surface area contributed by atoms with E-state index < -0.39 is 0 Å². The monoisotopic (exact) mass is 280 g/mol. The third kappa shape index (κ3) is 2.40. The number of aromatic amines is 1. The highest BCUT2D eigenvalue weighted by Gasteiger charge is 2.09. The average Bonchev–Trinajstić information content (AvgIpc) is 2.35. The molecule has 1 heterocycles. The number of ether oxygens (including phenoxy) is 1. The zero-order chi connectivity index (χ0) is 13.3. The number of nitrogens with one attached hydrogen (secondary N) is 1. The van der Waals surface area contributed by atoms with Gasteiger partial charge in [-0.1, -0.05) is 23.8 Å². The number of hydrogen-bond acceptors (Lipinski definition) is 3. The maximum Gasteiger partial charge on any atom is 0.150 e. The molecule has 0 aliphatic carbocycles. The molecule has 1 aromatic carbocycles. The summed E-state index contributed by atoms with van der Waals surface area (Å²) in [4.78, 5) is 0. The molecule has 1 aromatic heterocycles. The molecular weight excluding hydrogens is 268 g/mol. The van der Waals surface area contributed by atoms with Gasteiger partial charge in [0.25, 0.3) is 0 Å². The summed E-state index contributed by atoms with van der Waals surface area (Å²) in [6.45, 7) is 4.01. The molecule has 0 bridgehead atoms. The predicted octanol–water partition coefficient (Wildman–Crippen LogP) is 4.09. The Balaban J connectivity index is 2.68. The van der Waals surface area contributed by atoms with Crippen LogP contribution in [0.3, 0.4) is 0 Å². The predicted molar refractivity (Wildman–Crippen MR) is 75.9 cm³/mol. The molecule has 94 valence electrons. The fourth-order valence-electron chi connectivity index (χ4n) is 1.88. The van der Waals surface area contributed by atoms with Crippen molar-refractivity contribution in [1.82, 2.24) is 10.2 Å². The van der Waals surface area contributed by atoms with Gasteiger partial charge in [-0.05, 0) is 48.7 Å². The number of benzene rings is 1. The summed E-state index contributed by atoms with van der Waals surface area (Å²) >= 11 is 11.2. The molecule has 5 heteroatoms. The van der Waals surface area contributed by atoms with Crippen molar-refractivity contribution in [2.24, 2.45) is 0 Å². The van der Waals surface area contributed by atoms with E-state index in [0.29, 0.717) is 9.79 Å². The zero-order valence-corrected chi connectivity index (χ0v) is 11.9. The highest BCUT2D eigenvalue weighted by Crippen LogP contribution is 2.31. The molecule has 3 nitrogen and oxygen atoms in total. The van der Waals surface area contributed by atoms with Gasteiger partial charge in [-0.15, -0.1) is 0 Å². The molecule has 1 N–H and O–H groups in total. The van der Waals surface area contributed by atoms with Crippen molar-refractivity contribution in [3.63, 3.8) is 0 Å². The maximum absolute atomic E-state index is 5.90. The number of hydrogen-bond donors (Lipinski definition) is 1. The number of rotatable bonds is 2. The standard InChI is InChI=1S/C13H13ClN2OS/c1-7-5-11(17-3)8(2)4-9(7)10-6-12(14)15-16-13(10)18/h4-6H,1-3H3,(H,16,18). The molecule has 0 radical (unpaired) electrons. The van der Waals surface area contributed by atoms with Crippen molar-refractivity contribution < 1.29 is 4.74 Å². The van der Waals surface area contributed by atoms with Crippen molar-refractivity contribution >= 4 is 23.8 Å². The van der Waals surface area contributed by atoms with Gasteiger partial charge in [0.15, 0.2) is 0 Å². The third-order valence-corrected chi connectivity index (χ3v) is 3.31. The Kier molecular flexibility index (Phi) is 3.68. The van der Waals surface area contributed by atoms with Crippen molar-refractivity contribution in [2.45, 2.75) is 13.8 Å². The van der Waals surface area contributed by atoms with Crippen molar-refractivity contribution in [1.29, 1.82) is 0 Å². The minimum Gasteiger partial charge on any atom is -0.496 e. The Hall–Kier alpha value is -1.39. The van der Waals surface area contributed by atoms with Crippen LogP contribution >= 0.6 is 23.8 Å². The fourth-order valence-corrected chi connectivity index (χ4v) is 2.25. The highest BCUT2D eigenvalue weighted by atomic mass is 35.5. The van der Waals surface area contributed by atoms with Crippen LogP contribution in [0.5, 0.6) is 5.75 Å². The average molecular weight is 281 g/mol. The summed E-state index contributed by atoms with van der Waals surface area (Å²) in [5.41, 5.74) is 4.06. The summed E-state index contributed by atoms with van der Waals surface area (Å²) < 4.78 is 5.87. The molecule has 2 rings (SSSR count). The maximum atomic E-state index is 5.90. The number of H-pyrrole nitrogens is 1. The Morgan fingerprint density at radius 2 is 1.89 bits per heavy atom. The van der Waals surface area contributed by atoms with Crippen molar-refractivity contribution in [3.8, 4) is 16.9 Å². The van der Waals surface area contributed by atoms with Gasteiger partial charge >= 0.3 is 0 Å². The second-order valence-corrected chi connectivity index (χ2v) is 4.87. The Morgan fingerprint density at radius 3 is 2.56 bits per heavy atom. The Bertz CT molecular complexity index is 652. The van der Waals surface area contributed by atoms with Crippen LogP contribution in [-0.2, 0) is 0 Å². The number of nitrogens with zero attached hydrogens (tertiary/aromatic N) is 1. The lowest BCUT2D eigenvalue weighted by Crippen LogP contribution is -1.94. The van der Waals surface area contributed by atoms with Gasteiger partial charge < -0.3 is 4.74 Å². The molecule has 0 spiro atoms. The van der Waals surface area contributed by atoms with Gasteiger partial charge in [-0.25, -0.2) is 0 Å². The number of methoxy groups -OCH3 is 1. The van der Waals surface area contributed by atoms with E-state index in [1.165, 1.54) is 0 Å². The van der Waals surface area contributed by atoms with Gasteiger partial charge in [-0.2, -0.15) is 5.10 Å². The molecule has 18 heavy (non-hydrogen) atoms.